The standard InChI is InChI=1S/CHNOS/c3-1-2-4/h4H. The molecule has 0 aromatic heterocycles. The summed E-state index contributed by atoms with van der Waals surface area (Å²) in [5.41, 5.74) is 0. The maximum Gasteiger partial charge on any atom is 0.247 e. The van der Waals surface area contributed by atoms with Crippen LogP contribution in [0.1, 0.15) is 0 Å². The Kier molecular flexibility index (Phi) is 2.55. The number of hydrogen-bond acceptors (Lipinski definition) is 3. The van der Waals surface area contributed by atoms with Crippen LogP contribution in [0.25, 0.3) is 0 Å². The molecule has 0 aromatic rings. The molecule has 0 radical (unpaired) electrons. The van der Waals surface area contributed by atoms with E-state index in [1.165, 1.54) is 6.08 Å². The first-order valence-electron chi connectivity index (χ1n) is 0.628. The molecule has 0 amide bonds. The van der Waals surface area contributed by atoms with Crippen LogP contribution >= 0.6 is 12.8 Å². The van der Waals surface area contributed by atoms with Gasteiger partial charge in [-0.2, -0.15) is 0 Å². The Morgan fingerprint density at radius 3 is 2.25 bits per heavy atom. The maximum atomic E-state index is 8.81. The SMILES string of the molecule is O=C=NS. The first-order valence-corrected chi connectivity index (χ1v) is 1.03. The van der Waals surface area contributed by atoms with E-state index in [1.807, 2.05) is 0 Å². The van der Waals surface area contributed by atoms with Crippen molar-refractivity contribution in [2.75, 3.05) is 0 Å². The van der Waals surface area contributed by atoms with Crippen molar-refractivity contribution in [3.63, 3.8) is 0 Å². The molecule has 0 bridgehead atoms. The van der Waals surface area contributed by atoms with Crippen LogP contribution in [0.4, 0.5) is 0 Å². The third kappa shape index (κ3) is 1.73. The molecule has 0 aliphatic carbocycles. The van der Waals surface area contributed by atoms with Gasteiger partial charge in [-0.15, -0.1) is 4.40 Å². The van der Waals surface area contributed by atoms with Gasteiger partial charge in [-0.05, 0) is 12.8 Å². The molecule has 0 aliphatic rings. The summed E-state index contributed by atoms with van der Waals surface area (Å²) in [4.78, 5) is 8.81. The summed E-state index contributed by atoms with van der Waals surface area (Å²) < 4.78 is 2.62. The van der Waals surface area contributed by atoms with E-state index < -0.39 is 0 Å². The Bertz CT molecular complexity index is 46.0. The van der Waals surface area contributed by atoms with E-state index in [0.717, 1.165) is 0 Å². The van der Waals surface area contributed by atoms with Crippen LogP contribution in [-0.2, 0) is 4.79 Å². The topological polar surface area (TPSA) is 29.4 Å². The van der Waals surface area contributed by atoms with Gasteiger partial charge >= 0.3 is 0 Å². The van der Waals surface area contributed by atoms with E-state index in [4.69, 9.17) is 4.79 Å². The van der Waals surface area contributed by atoms with E-state index in [0.29, 0.717) is 0 Å². The molecule has 0 rings (SSSR count). The molecule has 0 saturated heterocycles. The summed E-state index contributed by atoms with van der Waals surface area (Å²) in [6.07, 6.45) is 1.17. The van der Waals surface area contributed by atoms with Gasteiger partial charge in [0.05, 0.1) is 0 Å². The summed E-state index contributed by atoms with van der Waals surface area (Å²) in [6, 6.07) is 0. The van der Waals surface area contributed by atoms with Gasteiger partial charge in [-0.1, -0.05) is 0 Å². The molecule has 0 spiro atoms. The van der Waals surface area contributed by atoms with Gasteiger partial charge in [0, 0.05) is 0 Å². The highest BCUT2D eigenvalue weighted by molar-refractivity contribution is 7.78. The van der Waals surface area contributed by atoms with Crippen molar-refractivity contribution in [3.8, 4) is 0 Å². The fourth-order valence-electron chi connectivity index (χ4n) is 0. The molecule has 0 heterocycles. The average Bonchev–Trinajstić information content (AvgIpc) is 1.37. The predicted molar refractivity (Wildman–Crippen MR) is 17.1 cm³/mol. The molecule has 0 N–H and O–H groups in total. The van der Waals surface area contributed by atoms with Crippen LogP contribution in [-0.4, -0.2) is 6.08 Å². The molecule has 4 heavy (non-hydrogen) atoms. The van der Waals surface area contributed by atoms with E-state index in [9.17, 15) is 0 Å². The lowest BCUT2D eigenvalue weighted by Gasteiger charge is -1.34. The van der Waals surface area contributed by atoms with Gasteiger partial charge in [-0.25, -0.2) is 4.79 Å². The zero-order valence-corrected chi connectivity index (χ0v) is 2.70. The summed E-state index contributed by atoms with van der Waals surface area (Å²) in [7, 11) is 0. The highest BCUT2D eigenvalue weighted by Gasteiger charge is 1.30. The number of hydrogen-bond donors (Lipinski definition) is 1. The third-order valence-electron chi connectivity index (χ3n) is 0.0408. The Hall–Kier alpha value is -0.270. The second-order valence-electron chi connectivity index (χ2n) is 0.191. The van der Waals surface area contributed by atoms with Crippen molar-refractivity contribution in [2.24, 2.45) is 4.40 Å². The number of carbonyl (C=O) groups excluding carboxylic acids is 1. The van der Waals surface area contributed by atoms with E-state index in [2.05, 4.69) is 17.2 Å². The fourth-order valence-corrected chi connectivity index (χ4v) is 0. The molecule has 0 saturated carbocycles. The third-order valence-corrected chi connectivity index (χ3v) is 0.122. The molecule has 0 aromatic carbocycles. The van der Waals surface area contributed by atoms with Gasteiger partial charge in [0.15, 0.2) is 0 Å². The first-order chi connectivity index (χ1) is 1.91. The Morgan fingerprint density at radius 1 is 2.00 bits per heavy atom. The van der Waals surface area contributed by atoms with Crippen molar-refractivity contribution < 1.29 is 4.79 Å². The first kappa shape index (κ1) is 3.73. The zero-order valence-electron chi connectivity index (χ0n) is 1.80. The number of rotatable bonds is 0. The minimum Gasteiger partial charge on any atom is -0.210 e. The molecule has 22 valence electrons. The monoisotopic (exact) mass is 75.0 g/mol. The molecule has 0 aliphatic heterocycles. The highest BCUT2D eigenvalue weighted by atomic mass is 32.1. The zero-order chi connectivity index (χ0) is 3.41. The molecule has 0 fully saturated rings. The van der Waals surface area contributed by atoms with Crippen LogP contribution in [0.5, 0.6) is 0 Å². The normalized spacial score (nSPS) is 4.25. The van der Waals surface area contributed by atoms with Crippen molar-refractivity contribution >= 4 is 18.9 Å². The number of thiol groups is 1. The minimum atomic E-state index is 1.17. The Balaban J connectivity index is 3.11. The van der Waals surface area contributed by atoms with Crippen LogP contribution in [0.3, 0.4) is 0 Å². The van der Waals surface area contributed by atoms with Crippen molar-refractivity contribution in [1.82, 2.24) is 0 Å². The Labute approximate surface area is 29.1 Å². The Morgan fingerprint density at radius 2 is 2.25 bits per heavy atom. The van der Waals surface area contributed by atoms with Crippen LogP contribution < -0.4 is 0 Å². The summed E-state index contributed by atoms with van der Waals surface area (Å²) in [6.45, 7) is 0. The van der Waals surface area contributed by atoms with Gasteiger partial charge in [0.1, 0.15) is 0 Å². The second-order valence-corrected chi connectivity index (χ2v) is 0.391. The summed E-state index contributed by atoms with van der Waals surface area (Å²) in [5.74, 6) is 0. The lowest BCUT2D eigenvalue weighted by Crippen LogP contribution is -1.26. The summed E-state index contributed by atoms with van der Waals surface area (Å²) >= 11 is 3.12. The van der Waals surface area contributed by atoms with E-state index in [-0.39, 0.29) is 0 Å². The van der Waals surface area contributed by atoms with Crippen molar-refractivity contribution in [2.45, 2.75) is 0 Å². The van der Waals surface area contributed by atoms with Gasteiger partial charge in [0.2, 0.25) is 6.08 Å². The van der Waals surface area contributed by atoms with Crippen molar-refractivity contribution in [3.05, 3.63) is 0 Å². The van der Waals surface area contributed by atoms with Crippen LogP contribution in [0.2, 0.25) is 0 Å². The van der Waals surface area contributed by atoms with Crippen LogP contribution in [0, 0.1) is 0 Å². The van der Waals surface area contributed by atoms with Gasteiger partial charge in [0.25, 0.3) is 0 Å². The fraction of sp³-hybridized carbons (Fsp3) is 0. The molecular weight excluding hydrogens is 74.1 g/mol. The second kappa shape index (κ2) is 2.73. The average molecular weight is 75.1 g/mol. The summed E-state index contributed by atoms with van der Waals surface area (Å²) in [5, 5.41) is 0. The number of isocyanates is 1. The van der Waals surface area contributed by atoms with Crippen LogP contribution in [0.15, 0.2) is 4.40 Å². The number of nitrogens with zero attached hydrogens (tertiary/aromatic N) is 1. The highest BCUT2D eigenvalue weighted by Crippen LogP contribution is 1.58. The predicted octanol–water partition coefficient (Wildman–Crippen LogP) is 0.167. The molecule has 0 atom stereocenters. The lowest BCUT2D eigenvalue weighted by molar-refractivity contribution is 0.566. The largest absolute Gasteiger partial charge is 0.247 e. The maximum absolute atomic E-state index is 8.81. The van der Waals surface area contributed by atoms with E-state index >= 15 is 0 Å². The molecule has 3 heteroatoms. The lowest BCUT2D eigenvalue weighted by atomic mass is 11.7. The van der Waals surface area contributed by atoms with E-state index in [1.54, 1.807) is 0 Å². The molecular formula is CHNOS. The van der Waals surface area contributed by atoms with Crippen molar-refractivity contribution in [1.29, 1.82) is 0 Å². The molecule has 2 nitrogen and oxygen atoms in total. The smallest absolute Gasteiger partial charge is 0.210 e. The quantitative estimate of drug-likeness (QED) is 0.248. The van der Waals surface area contributed by atoms with Gasteiger partial charge < -0.3 is 0 Å². The van der Waals surface area contributed by atoms with Gasteiger partial charge in [-0.3, -0.25) is 0 Å². The molecule has 0 unspecified atom stereocenters. The minimum absolute atomic E-state index is 1.17.